The molecule has 0 aliphatic carbocycles. The highest BCUT2D eigenvalue weighted by molar-refractivity contribution is 5.78. The number of nitrogens with one attached hydrogen (secondary N) is 1. The molecule has 1 atom stereocenters. The van der Waals surface area contributed by atoms with Crippen LogP contribution in [0.5, 0.6) is 0 Å². The molecular formula is C21H31N3O2. The predicted molar refractivity (Wildman–Crippen MR) is 103 cm³/mol. The SMILES string of the molecule is CCNC(=O)CN1CCC[C@]2(CCC(=O)N(CCc3ccccc3)C2)C1. The monoisotopic (exact) mass is 357 g/mol. The third-order valence-corrected chi connectivity index (χ3v) is 5.74. The van der Waals surface area contributed by atoms with Gasteiger partial charge in [0, 0.05) is 38.0 Å². The van der Waals surface area contributed by atoms with Crippen molar-refractivity contribution in [3.63, 3.8) is 0 Å². The number of piperidine rings is 2. The Morgan fingerprint density at radius 1 is 1.19 bits per heavy atom. The summed E-state index contributed by atoms with van der Waals surface area (Å²) >= 11 is 0. The average molecular weight is 357 g/mol. The first-order valence-corrected chi connectivity index (χ1v) is 9.91. The maximum Gasteiger partial charge on any atom is 0.234 e. The van der Waals surface area contributed by atoms with E-state index >= 15 is 0 Å². The number of amides is 2. The van der Waals surface area contributed by atoms with Crippen LogP contribution in [0.1, 0.15) is 38.2 Å². The smallest absolute Gasteiger partial charge is 0.234 e. The van der Waals surface area contributed by atoms with Crippen LogP contribution in [0, 0.1) is 5.41 Å². The summed E-state index contributed by atoms with van der Waals surface area (Å²) in [6.07, 6.45) is 4.78. The van der Waals surface area contributed by atoms with Gasteiger partial charge in [0.15, 0.2) is 0 Å². The Bertz CT molecular complexity index is 619. The van der Waals surface area contributed by atoms with Crippen molar-refractivity contribution in [3.05, 3.63) is 35.9 Å². The summed E-state index contributed by atoms with van der Waals surface area (Å²) in [6.45, 7) is 6.65. The van der Waals surface area contributed by atoms with Crippen LogP contribution in [-0.2, 0) is 16.0 Å². The average Bonchev–Trinajstić information content (AvgIpc) is 2.64. The molecule has 1 aromatic rings. The van der Waals surface area contributed by atoms with Crippen LogP contribution >= 0.6 is 0 Å². The summed E-state index contributed by atoms with van der Waals surface area (Å²) in [6, 6.07) is 10.4. The van der Waals surface area contributed by atoms with Gasteiger partial charge in [0.2, 0.25) is 11.8 Å². The van der Waals surface area contributed by atoms with Gasteiger partial charge in [0.05, 0.1) is 6.54 Å². The minimum Gasteiger partial charge on any atom is -0.355 e. The van der Waals surface area contributed by atoms with Crippen LogP contribution in [0.25, 0.3) is 0 Å². The number of nitrogens with zero attached hydrogens (tertiary/aromatic N) is 2. The van der Waals surface area contributed by atoms with Crippen molar-refractivity contribution in [3.8, 4) is 0 Å². The Labute approximate surface area is 156 Å². The van der Waals surface area contributed by atoms with Gasteiger partial charge in [0.25, 0.3) is 0 Å². The number of carbonyl (C=O) groups is 2. The zero-order valence-corrected chi connectivity index (χ0v) is 15.9. The zero-order chi connectivity index (χ0) is 18.4. The van der Waals surface area contributed by atoms with Crippen LogP contribution in [0.3, 0.4) is 0 Å². The molecule has 2 aliphatic heterocycles. The quantitative estimate of drug-likeness (QED) is 0.848. The zero-order valence-electron chi connectivity index (χ0n) is 15.9. The minimum absolute atomic E-state index is 0.109. The van der Waals surface area contributed by atoms with Crippen molar-refractivity contribution >= 4 is 11.8 Å². The van der Waals surface area contributed by atoms with Gasteiger partial charge >= 0.3 is 0 Å². The maximum atomic E-state index is 12.4. The van der Waals surface area contributed by atoms with E-state index in [0.29, 0.717) is 19.5 Å². The largest absolute Gasteiger partial charge is 0.355 e. The molecule has 3 rings (SSSR count). The summed E-state index contributed by atoms with van der Waals surface area (Å²) in [5, 5.41) is 2.89. The molecule has 2 fully saturated rings. The molecule has 2 aliphatic rings. The fourth-order valence-corrected chi connectivity index (χ4v) is 4.45. The Balaban J connectivity index is 1.58. The first-order valence-electron chi connectivity index (χ1n) is 9.91. The lowest BCUT2D eigenvalue weighted by Gasteiger charge is -2.48. The molecule has 2 saturated heterocycles. The molecule has 142 valence electrons. The highest BCUT2D eigenvalue weighted by atomic mass is 16.2. The number of carbonyl (C=O) groups excluding carboxylic acids is 2. The van der Waals surface area contributed by atoms with Crippen molar-refractivity contribution in [1.82, 2.24) is 15.1 Å². The first kappa shape index (κ1) is 18.9. The van der Waals surface area contributed by atoms with Gasteiger partial charge in [-0.25, -0.2) is 0 Å². The predicted octanol–water partition coefficient (Wildman–Crippen LogP) is 2.07. The topological polar surface area (TPSA) is 52.7 Å². The number of rotatable bonds is 6. The van der Waals surface area contributed by atoms with Crippen molar-refractivity contribution in [2.24, 2.45) is 5.41 Å². The Hall–Kier alpha value is -1.88. The van der Waals surface area contributed by atoms with E-state index in [9.17, 15) is 9.59 Å². The van der Waals surface area contributed by atoms with Gasteiger partial charge in [-0.2, -0.15) is 0 Å². The lowest BCUT2D eigenvalue weighted by Crippen LogP contribution is -2.55. The lowest BCUT2D eigenvalue weighted by atomic mass is 9.73. The van der Waals surface area contributed by atoms with Gasteiger partial charge in [0.1, 0.15) is 0 Å². The van der Waals surface area contributed by atoms with E-state index in [0.717, 1.165) is 51.9 Å². The standard InChI is InChI=1S/C21H31N3O2/c1-2-22-19(25)15-23-13-6-11-21(16-23)12-9-20(26)24(17-21)14-10-18-7-4-3-5-8-18/h3-5,7-8H,2,6,9-17H2,1H3,(H,22,25)/t21-/m0/s1. The summed E-state index contributed by atoms with van der Waals surface area (Å²) in [5.41, 5.74) is 1.44. The fourth-order valence-electron chi connectivity index (χ4n) is 4.45. The molecule has 5 nitrogen and oxygen atoms in total. The van der Waals surface area contributed by atoms with Gasteiger partial charge < -0.3 is 10.2 Å². The second-order valence-electron chi connectivity index (χ2n) is 7.82. The van der Waals surface area contributed by atoms with E-state index < -0.39 is 0 Å². The minimum atomic E-state index is 0.109. The van der Waals surface area contributed by atoms with E-state index in [-0.39, 0.29) is 17.2 Å². The molecule has 0 aromatic heterocycles. The van der Waals surface area contributed by atoms with Crippen LogP contribution < -0.4 is 5.32 Å². The van der Waals surface area contributed by atoms with Crippen LogP contribution in [0.4, 0.5) is 0 Å². The van der Waals surface area contributed by atoms with E-state index in [2.05, 4.69) is 39.4 Å². The fraction of sp³-hybridized carbons (Fsp3) is 0.619. The Morgan fingerprint density at radius 3 is 2.77 bits per heavy atom. The lowest BCUT2D eigenvalue weighted by molar-refractivity contribution is -0.140. The van der Waals surface area contributed by atoms with Gasteiger partial charge in [-0.1, -0.05) is 30.3 Å². The molecular weight excluding hydrogens is 326 g/mol. The van der Waals surface area contributed by atoms with Crippen molar-refractivity contribution in [1.29, 1.82) is 0 Å². The summed E-state index contributed by atoms with van der Waals surface area (Å²) in [7, 11) is 0. The molecule has 0 unspecified atom stereocenters. The number of likely N-dealkylation sites (N-methyl/N-ethyl adjacent to an activating group) is 1. The van der Waals surface area contributed by atoms with E-state index in [1.54, 1.807) is 0 Å². The number of hydrogen-bond donors (Lipinski definition) is 1. The maximum absolute atomic E-state index is 12.4. The molecule has 1 N–H and O–H groups in total. The molecule has 26 heavy (non-hydrogen) atoms. The summed E-state index contributed by atoms with van der Waals surface area (Å²) in [4.78, 5) is 28.7. The number of likely N-dealkylation sites (tertiary alicyclic amines) is 2. The first-order chi connectivity index (χ1) is 12.6. The van der Waals surface area contributed by atoms with Gasteiger partial charge in [-0.3, -0.25) is 14.5 Å². The normalized spacial score (nSPS) is 24.0. The molecule has 2 amide bonds. The van der Waals surface area contributed by atoms with Gasteiger partial charge in [-0.15, -0.1) is 0 Å². The molecule has 5 heteroatoms. The molecule has 0 bridgehead atoms. The molecule has 0 radical (unpaired) electrons. The summed E-state index contributed by atoms with van der Waals surface area (Å²) in [5.74, 6) is 0.393. The Kier molecular flexibility index (Phi) is 6.30. The highest BCUT2D eigenvalue weighted by Crippen LogP contribution is 2.38. The van der Waals surface area contributed by atoms with Crippen molar-refractivity contribution in [2.75, 3.05) is 39.3 Å². The highest BCUT2D eigenvalue weighted by Gasteiger charge is 2.41. The third-order valence-electron chi connectivity index (χ3n) is 5.74. The third kappa shape index (κ3) is 4.85. The second kappa shape index (κ2) is 8.67. The summed E-state index contributed by atoms with van der Waals surface area (Å²) < 4.78 is 0. The number of hydrogen-bond acceptors (Lipinski definition) is 3. The van der Waals surface area contributed by atoms with E-state index in [1.165, 1.54) is 5.56 Å². The molecule has 1 spiro atoms. The van der Waals surface area contributed by atoms with Crippen LogP contribution in [0.15, 0.2) is 30.3 Å². The van der Waals surface area contributed by atoms with Crippen molar-refractivity contribution < 1.29 is 9.59 Å². The molecule has 2 heterocycles. The second-order valence-corrected chi connectivity index (χ2v) is 7.82. The molecule has 1 aromatic carbocycles. The van der Waals surface area contributed by atoms with E-state index in [1.807, 2.05) is 13.0 Å². The van der Waals surface area contributed by atoms with Crippen LogP contribution in [0.2, 0.25) is 0 Å². The van der Waals surface area contributed by atoms with Crippen LogP contribution in [-0.4, -0.2) is 60.9 Å². The molecule has 0 saturated carbocycles. The van der Waals surface area contributed by atoms with Gasteiger partial charge in [-0.05, 0) is 44.7 Å². The van der Waals surface area contributed by atoms with E-state index in [4.69, 9.17) is 0 Å². The van der Waals surface area contributed by atoms with Crippen molar-refractivity contribution in [2.45, 2.75) is 39.0 Å². The number of benzene rings is 1. The Morgan fingerprint density at radius 2 is 2.00 bits per heavy atom.